The van der Waals surface area contributed by atoms with Gasteiger partial charge in [0.15, 0.2) is 5.78 Å². The smallest absolute Gasteiger partial charge is 0.311 e. The Morgan fingerprint density at radius 2 is 2.00 bits per heavy atom. The Balaban J connectivity index is 2.33. The maximum Gasteiger partial charge on any atom is 0.311 e. The van der Waals surface area contributed by atoms with Crippen LogP contribution in [0, 0.1) is 17.3 Å². The van der Waals surface area contributed by atoms with Crippen molar-refractivity contribution in [1.82, 2.24) is 0 Å². The second kappa shape index (κ2) is 5.48. The van der Waals surface area contributed by atoms with Crippen LogP contribution in [-0.4, -0.2) is 16.9 Å². The molecule has 1 atom stereocenters. The lowest BCUT2D eigenvalue weighted by Crippen LogP contribution is -2.36. The number of Topliss-reactive ketones (excluding diaryl/α,β-unsaturated/α-hetero) is 1. The molecule has 0 saturated heterocycles. The SMILES string of the molecule is CCC/C=C(\C(C)=O)C(C(=O)O)C12CCC(CC1)C2. The molecule has 3 heteroatoms. The largest absolute Gasteiger partial charge is 0.481 e. The monoisotopic (exact) mass is 264 g/mol. The second-order valence-electron chi connectivity index (χ2n) is 6.29. The molecular formula is C16H24O3. The number of ketones is 1. The number of carboxylic acids is 1. The average molecular weight is 264 g/mol. The summed E-state index contributed by atoms with van der Waals surface area (Å²) < 4.78 is 0. The summed E-state index contributed by atoms with van der Waals surface area (Å²) in [4.78, 5) is 23.7. The van der Waals surface area contributed by atoms with E-state index in [0.29, 0.717) is 11.5 Å². The van der Waals surface area contributed by atoms with Crippen LogP contribution in [0.5, 0.6) is 0 Å². The van der Waals surface area contributed by atoms with E-state index in [1.54, 1.807) is 0 Å². The number of allylic oxidation sites excluding steroid dienone is 1. The first-order valence-corrected chi connectivity index (χ1v) is 7.44. The van der Waals surface area contributed by atoms with Crippen LogP contribution in [-0.2, 0) is 9.59 Å². The van der Waals surface area contributed by atoms with Crippen LogP contribution >= 0.6 is 0 Å². The maximum atomic E-state index is 11.9. The van der Waals surface area contributed by atoms with Gasteiger partial charge in [0.1, 0.15) is 0 Å². The van der Waals surface area contributed by atoms with E-state index in [4.69, 9.17) is 0 Å². The molecule has 3 nitrogen and oxygen atoms in total. The topological polar surface area (TPSA) is 54.4 Å². The Labute approximate surface area is 115 Å². The molecule has 2 fully saturated rings. The fourth-order valence-electron chi connectivity index (χ4n) is 4.13. The molecule has 0 aliphatic heterocycles. The molecule has 0 amide bonds. The lowest BCUT2D eigenvalue weighted by molar-refractivity contribution is -0.145. The predicted octanol–water partition coefficient (Wildman–Crippen LogP) is 3.58. The highest BCUT2D eigenvalue weighted by atomic mass is 16.4. The molecule has 2 rings (SSSR count). The molecule has 2 aliphatic carbocycles. The second-order valence-corrected chi connectivity index (χ2v) is 6.29. The fraction of sp³-hybridized carbons (Fsp3) is 0.750. The molecule has 0 aromatic carbocycles. The van der Waals surface area contributed by atoms with Crippen LogP contribution in [0.3, 0.4) is 0 Å². The van der Waals surface area contributed by atoms with E-state index < -0.39 is 11.9 Å². The van der Waals surface area contributed by atoms with Gasteiger partial charge in [-0.05, 0) is 56.8 Å². The number of hydrogen-bond donors (Lipinski definition) is 1. The highest BCUT2D eigenvalue weighted by Crippen LogP contribution is 2.59. The fourth-order valence-corrected chi connectivity index (χ4v) is 4.13. The Hall–Kier alpha value is -1.12. The van der Waals surface area contributed by atoms with Crippen molar-refractivity contribution in [2.24, 2.45) is 17.3 Å². The van der Waals surface area contributed by atoms with Gasteiger partial charge in [-0.1, -0.05) is 19.4 Å². The minimum absolute atomic E-state index is 0.0643. The molecule has 0 aromatic heterocycles. The van der Waals surface area contributed by atoms with Crippen molar-refractivity contribution in [3.05, 3.63) is 11.6 Å². The number of aliphatic carboxylic acids is 1. The van der Waals surface area contributed by atoms with Crippen LogP contribution in [0.25, 0.3) is 0 Å². The van der Waals surface area contributed by atoms with E-state index in [1.807, 2.05) is 13.0 Å². The van der Waals surface area contributed by atoms with Crippen molar-refractivity contribution in [3.8, 4) is 0 Å². The van der Waals surface area contributed by atoms with Gasteiger partial charge in [-0.2, -0.15) is 0 Å². The molecule has 2 bridgehead atoms. The molecule has 2 saturated carbocycles. The van der Waals surface area contributed by atoms with Gasteiger partial charge in [0.05, 0.1) is 5.92 Å². The summed E-state index contributed by atoms with van der Waals surface area (Å²) in [7, 11) is 0. The standard InChI is InChI=1S/C16H24O3/c1-3-4-5-13(11(2)17)14(15(18)19)16-8-6-12(10-16)7-9-16/h5,12,14H,3-4,6-10H2,1-2H3,(H,18,19)/b13-5+. The van der Waals surface area contributed by atoms with Crippen LogP contribution in [0.2, 0.25) is 0 Å². The summed E-state index contributed by atoms with van der Waals surface area (Å²) in [5.74, 6) is -0.754. The molecule has 1 unspecified atom stereocenters. The van der Waals surface area contributed by atoms with E-state index in [-0.39, 0.29) is 11.2 Å². The number of hydrogen-bond acceptors (Lipinski definition) is 2. The lowest BCUT2D eigenvalue weighted by Gasteiger charge is -2.34. The molecule has 0 heterocycles. The van der Waals surface area contributed by atoms with Crippen LogP contribution in [0.4, 0.5) is 0 Å². The summed E-state index contributed by atoms with van der Waals surface area (Å²) in [6, 6.07) is 0. The molecule has 1 N–H and O–H groups in total. The molecule has 2 aliphatic rings. The maximum absolute atomic E-state index is 11.9. The average Bonchev–Trinajstić information content (AvgIpc) is 2.94. The molecule has 0 radical (unpaired) electrons. The minimum atomic E-state index is -0.805. The zero-order valence-corrected chi connectivity index (χ0v) is 11.9. The molecule has 106 valence electrons. The van der Waals surface area contributed by atoms with Crippen LogP contribution in [0.15, 0.2) is 11.6 Å². The Morgan fingerprint density at radius 1 is 1.37 bits per heavy atom. The third-order valence-corrected chi connectivity index (χ3v) is 5.03. The number of carboxylic acid groups (broad SMARTS) is 1. The first-order chi connectivity index (χ1) is 9.00. The van der Waals surface area contributed by atoms with E-state index in [1.165, 1.54) is 6.92 Å². The molecule has 0 aromatic rings. The van der Waals surface area contributed by atoms with E-state index in [2.05, 4.69) is 0 Å². The molecular weight excluding hydrogens is 240 g/mol. The third kappa shape index (κ3) is 2.60. The van der Waals surface area contributed by atoms with Gasteiger partial charge in [-0.15, -0.1) is 0 Å². The first-order valence-electron chi connectivity index (χ1n) is 7.44. The Kier molecular flexibility index (Phi) is 4.12. The molecule has 0 spiro atoms. The first kappa shape index (κ1) is 14.3. The normalized spacial score (nSPS) is 31.5. The van der Waals surface area contributed by atoms with Crippen molar-refractivity contribution in [2.75, 3.05) is 0 Å². The van der Waals surface area contributed by atoms with Gasteiger partial charge >= 0.3 is 5.97 Å². The summed E-state index contributed by atoms with van der Waals surface area (Å²) in [6.07, 6.45) is 8.85. The van der Waals surface area contributed by atoms with E-state index in [0.717, 1.165) is 44.9 Å². The minimum Gasteiger partial charge on any atom is -0.481 e. The number of rotatable bonds is 6. The zero-order chi connectivity index (χ0) is 14.0. The Bertz CT molecular complexity index is 400. The van der Waals surface area contributed by atoms with Crippen molar-refractivity contribution < 1.29 is 14.7 Å². The molecule has 19 heavy (non-hydrogen) atoms. The number of carbonyl (C=O) groups is 2. The Morgan fingerprint density at radius 3 is 2.37 bits per heavy atom. The highest BCUT2D eigenvalue weighted by Gasteiger charge is 2.53. The van der Waals surface area contributed by atoms with Crippen molar-refractivity contribution >= 4 is 11.8 Å². The van der Waals surface area contributed by atoms with Gasteiger partial charge in [0.25, 0.3) is 0 Å². The summed E-state index contributed by atoms with van der Waals surface area (Å²) in [5, 5.41) is 9.67. The highest BCUT2D eigenvalue weighted by molar-refractivity contribution is 5.99. The van der Waals surface area contributed by atoms with Crippen molar-refractivity contribution in [1.29, 1.82) is 0 Å². The number of fused-ring (bicyclic) bond motifs is 2. The quantitative estimate of drug-likeness (QED) is 0.746. The summed E-state index contributed by atoms with van der Waals surface area (Å²) in [6.45, 7) is 3.55. The van der Waals surface area contributed by atoms with Gasteiger partial charge in [0.2, 0.25) is 0 Å². The lowest BCUT2D eigenvalue weighted by atomic mass is 9.68. The van der Waals surface area contributed by atoms with Gasteiger partial charge in [-0.25, -0.2) is 0 Å². The van der Waals surface area contributed by atoms with Crippen LogP contribution in [0.1, 0.15) is 58.8 Å². The number of unbranched alkanes of at least 4 members (excludes halogenated alkanes) is 1. The van der Waals surface area contributed by atoms with Gasteiger partial charge < -0.3 is 5.11 Å². The zero-order valence-electron chi connectivity index (χ0n) is 11.9. The van der Waals surface area contributed by atoms with E-state index in [9.17, 15) is 14.7 Å². The van der Waals surface area contributed by atoms with Crippen LogP contribution < -0.4 is 0 Å². The third-order valence-electron chi connectivity index (χ3n) is 5.03. The van der Waals surface area contributed by atoms with Crippen molar-refractivity contribution in [3.63, 3.8) is 0 Å². The summed E-state index contributed by atoms with van der Waals surface area (Å²) in [5.41, 5.74) is 0.416. The number of carbonyl (C=O) groups excluding carboxylic acids is 1. The van der Waals surface area contributed by atoms with Crippen molar-refractivity contribution in [2.45, 2.75) is 58.8 Å². The van der Waals surface area contributed by atoms with E-state index >= 15 is 0 Å². The predicted molar refractivity (Wildman–Crippen MR) is 73.8 cm³/mol. The van der Waals surface area contributed by atoms with Gasteiger partial charge in [-0.3, -0.25) is 9.59 Å². The van der Waals surface area contributed by atoms with Gasteiger partial charge in [0, 0.05) is 5.57 Å². The summed E-state index contributed by atoms with van der Waals surface area (Å²) >= 11 is 0.